The van der Waals surface area contributed by atoms with E-state index in [-0.39, 0.29) is 10.8 Å². The first-order chi connectivity index (χ1) is 30.3. The second-order valence-corrected chi connectivity index (χ2v) is 18.1. The van der Waals surface area contributed by atoms with Crippen LogP contribution in [0.4, 0.5) is 17.1 Å². The van der Waals surface area contributed by atoms with E-state index < -0.39 is 0 Å². The molecule has 0 spiro atoms. The van der Waals surface area contributed by atoms with E-state index in [1.807, 2.05) is 0 Å². The lowest BCUT2D eigenvalue weighted by Crippen LogP contribution is -2.18. The second-order valence-electron chi connectivity index (χ2n) is 18.1. The van der Waals surface area contributed by atoms with Crippen molar-refractivity contribution in [2.24, 2.45) is 0 Å². The predicted octanol–water partition coefficient (Wildman–Crippen LogP) is 16.2. The normalized spacial score (nSPS) is 14.1. The Morgan fingerprint density at radius 2 is 0.855 bits per heavy atom. The largest absolute Gasteiger partial charge is 0.310 e. The number of hydrogen-bond donors (Lipinski definition) is 0. The van der Waals surface area contributed by atoms with Crippen molar-refractivity contribution in [2.75, 3.05) is 4.90 Å². The summed E-state index contributed by atoms with van der Waals surface area (Å²) in [6.07, 6.45) is 0. The quantitative estimate of drug-likeness (QED) is 0.163. The summed E-state index contributed by atoms with van der Waals surface area (Å²) in [5, 5.41) is 2.48. The maximum Gasteiger partial charge on any atom is 0.0547 e. The molecule has 2 heteroatoms. The van der Waals surface area contributed by atoms with Crippen LogP contribution in [0.3, 0.4) is 0 Å². The van der Waals surface area contributed by atoms with Crippen molar-refractivity contribution in [3.05, 3.63) is 229 Å². The van der Waals surface area contributed by atoms with Gasteiger partial charge in [-0.05, 0) is 116 Å². The number of rotatable bonds is 6. The Balaban J connectivity index is 1.16. The molecule has 2 nitrogen and oxygen atoms in total. The average Bonchev–Trinajstić information content (AvgIpc) is 3.86. The average molecular weight is 795 g/mol. The first-order valence-corrected chi connectivity index (χ1v) is 21.9. The van der Waals surface area contributed by atoms with E-state index >= 15 is 0 Å². The van der Waals surface area contributed by atoms with Gasteiger partial charge in [-0.15, -0.1) is 0 Å². The topological polar surface area (TPSA) is 8.17 Å². The summed E-state index contributed by atoms with van der Waals surface area (Å²) < 4.78 is 2.42. The standard InChI is InChI=1S/C60H46N2/c1-59(2)51-26-14-11-22-44(51)46-34-31-42(37-53(46)59)61(43-32-35-47-45-23-12-15-27-52(45)60(3,4)54(47)38-43)57-36-40(39-18-7-5-8-19-39)30-33-48(57)49-25-17-29-56-58(49)50-24-13-16-28-55(50)62(56)41-20-9-6-10-21-41/h5-38H,1-4H3. The van der Waals surface area contributed by atoms with Crippen LogP contribution in [0.1, 0.15) is 49.9 Å². The summed E-state index contributed by atoms with van der Waals surface area (Å²) >= 11 is 0. The molecule has 0 amide bonds. The third-order valence-electron chi connectivity index (χ3n) is 14.0. The number of nitrogens with zero attached hydrogens (tertiary/aromatic N) is 2. The van der Waals surface area contributed by atoms with Crippen LogP contribution in [0, 0.1) is 0 Å². The molecule has 0 bridgehead atoms. The van der Waals surface area contributed by atoms with Crippen molar-refractivity contribution in [1.29, 1.82) is 0 Å². The number of fused-ring (bicyclic) bond motifs is 9. The van der Waals surface area contributed by atoms with Crippen molar-refractivity contribution in [2.45, 2.75) is 38.5 Å². The van der Waals surface area contributed by atoms with Gasteiger partial charge in [0.1, 0.15) is 0 Å². The van der Waals surface area contributed by atoms with Crippen LogP contribution in [0.5, 0.6) is 0 Å². The molecule has 2 aliphatic rings. The Morgan fingerprint density at radius 1 is 0.355 bits per heavy atom. The molecule has 0 atom stereocenters. The Morgan fingerprint density at radius 3 is 1.50 bits per heavy atom. The summed E-state index contributed by atoms with van der Waals surface area (Å²) in [5.41, 5.74) is 22.1. The van der Waals surface area contributed by atoms with E-state index in [2.05, 4.69) is 243 Å². The first-order valence-electron chi connectivity index (χ1n) is 21.9. The molecule has 12 rings (SSSR count). The summed E-state index contributed by atoms with van der Waals surface area (Å²) in [6.45, 7) is 9.52. The van der Waals surface area contributed by atoms with Gasteiger partial charge in [-0.1, -0.05) is 179 Å². The first kappa shape index (κ1) is 36.4. The van der Waals surface area contributed by atoms with E-state index in [9.17, 15) is 0 Å². The molecule has 0 fully saturated rings. The van der Waals surface area contributed by atoms with Crippen molar-refractivity contribution in [3.63, 3.8) is 0 Å². The molecule has 0 radical (unpaired) electrons. The highest BCUT2D eigenvalue weighted by Gasteiger charge is 2.38. The molecule has 0 N–H and O–H groups in total. The van der Waals surface area contributed by atoms with E-state index in [0.717, 1.165) is 22.7 Å². The molecule has 0 aliphatic heterocycles. The fourth-order valence-electron chi connectivity index (χ4n) is 10.9. The Kier molecular flexibility index (Phi) is 7.96. The minimum Gasteiger partial charge on any atom is -0.310 e. The molecule has 62 heavy (non-hydrogen) atoms. The third-order valence-corrected chi connectivity index (χ3v) is 14.0. The fourth-order valence-corrected chi connectivity index (χ4v) is 10.9. The highest BCUT2D eigenvalue weighted by molar-refractivity contribution is 6.17. The molecule has 0 unspecified atom stereocenters. The molecular formula is C60H46N2. The second kappa shape index (κ2) is 13.5. The molecule has 296 valence electrons. The minimum atomic E-state index is -0.158. The van der Waals surface area contributed by atoms with Crippen LogP contribution in [-0.2, 0) is 10.8 Å². The van der Waals surface area contributed by atoms with Gasteiger partial charge >= 0.3 is 0 Å². The molecule has 10 aromatic rings. The van der Waals surface area contributed by atoms with Crippen LogP contribution in [0.2, 0.25) is 0 Å². The SMILES string of the molecule is CC1(C)c2ccccc2-c2ccc(N(c3ccc4c(c3)C(C)(C)c3ccccc3-4)c3cc(-c4ccccc4)ccc3-c3cccc4c3c3ccccc3n4-c3ccccc3)cc21. The molecular weight excluding hydrogens is 749 g/mol. The molecule has 0 saturated carbocycles. The van der Waals surface area contributed by atoms with Gasteiger partial charge in [-0.3, -0.25) is 0 Å². The fraction of sp³-hybridized carbons (Fsp3) is 0.100. The number of hydrogen-bond acceptors (Lipinski definition) is 1. The third kappa shape index (κ3) is 5.29. The van der Waals surface area contributed by atoms with Crippen LogP contribution in [-0.4, -0.2) is 4.57 Å². The zero-order valence-electron chi connectivity index (χ0n) is 35.5. The number of aromatic nitrogens is 1. The predicted molar refractivity (Wildman–Crippen MR) is 261 cm³/mol. The van der Waals surface area contributed by atoms with Crippen molar-refractivity contribution in [1.82, 2.24) is 4.57 Å². The highest BCUT2D eigenvalue weighted by atomic mass is 15.1. The van der Waals surface area contributed by atoms with Crippen molar-refractivity contribution >= 4 is 38.9 Å². The highest BCUT2D eigenvalue weighted by Crippen LogP contribution is 2.54. The summed E-state index contributed by atoms with van der Waals surface area (Å²) in [5.74, 6) is 0. The van der Waals surface area contributed by atoms with Gasteiger partial charge in [-0.25, -0.2) is 0 Å². The van der Waals surface area contributed by atoms with E-state index in [0.29, 0.717) is 0 Å². The molecule has 9 aromatic carbocycles. The maximum atomic E-state index is 2.55. The minimum absolute atomic E-state index is 0.158. The van der Waals surface area contributed by atoms with Gasteiger partial charge in [-0.2, -0.15) is 0 Å². The molecule has 0 saturated heterocycles. The lowest BCUT2D eigenvalue weighted by Gasteiger charge is -2.31. The zero-order valence-corrected chi connectivity index (χ0v) is 35.5. The van der Waals surface area contributed by atoms with Crippen molar-refractivity contribution in [3.8, 4) is 50.2 Å². The van der Waals surface area contributed by atoms with Gasteiger partial charge in [0.05, 0.1) is 16.7 Å². The summed E-state index contributed by atoms with van der Waals surface area (Å²) in [6, 6.07) is 76.7. The number of benzene rings is 9. The Labute approximate surface area is 364 Å². The molecule has 2 aliphatic carbocycles. The number of anilines is 3. The lowest BCUT2D eigenvalue weighted by molar-refractivity contribution is 0.660. The Bertz CT molecular complexity index is 3300. The van der Waals surface area contributed by atoms with Gasteiger partial charge in [0, 0.05) is 44.2 Å². The van der Waals surface area contributed by atoms with Gasteiger partial charge < -0.3 is 9.47 Å². The summed E-state index contributed by atoms with van der Waals surface area (Å²) in [4.78, 5) is 2.55. The van der Waals surface area contributed by atoms with E-state index in [1.165, 1.54) is 88.6 Å². The van der Waals surface area contributed by atoms with Gasteiger partial charge in [0.15, 0.2) is 0 Å². The molecule has 1 heterocycles. The van der Waals surface area contributed by atoms with Gasteiger partial charge in [0.2, 0.25) is 0 Å². The molecule has 1 aromatic heterocycles. The van der Waals surface area contributed by atoms with Crippen molar-refractivity contribution < 1.29 is 0 Å². The lowest BCUT2D eigenvalue weighted by atomic mass is 9.82. The van der Waals surface area contributed by atoms with Crippen LogP contribution < -0.4 is 4.90 Å². The zero-order chi connectivity index (χ0) is 41.7. The monoisotopic (exact) mass is 794 g/mol. The van der Waals surface area contributed by atoms with Gasteiger partial charge in [0.25, 0.3) is 0 Å². The van der Waals surface area contributed by atoms with E-state index in [4.69, 9.17) is 0 Å². The van der Waals surface area contributed by atoms with Crippen LogP contribution >= 0.6 is 0 Å². The van der Waals surface area contributed by atoms with Crippen LogP contribution in [0.25, 0.3) is 72.0 Å². The smallest absolute Gasteiger partial charge is 0.0547 e. The van der Waals surface area contributed by atoms with Crippen LogP contribution in [0.15, 0.2) is 206 Å². The number of para-hydroxylation sites is 2. The van der Waals surface area contributed by atoms with E-state index in [1.54, 1.807) is 0 Å². The maximum absolute atomic E-state index is 2.55. The Hall–Kier alpha value is -7.42. The summed E-state index contributed by atoms with van der Waals surface area (Å²) in [7, 11) is 0.